The predicted molar refractivity (Wildman–Crippen MR) is 79.2 cm³/mol. The molecule has 0 aliphatic rings. The largest absolute Gasteiger partial charge is 0.305 e. The van der Waals surface area contributed by atoms with Crippen LogP contribution in [-0.2, 0) is 6.54 Å². The van der Waals surface area contributed by atoms with Gasteiger partial charge in [-0.25, -0.2) is 4.39 Å². The second kappa shape index (κ2) is 5.97. The molecular formula is C17H18FNO. The van der Waals surface area contributed by atoms with Crippen molar-refractivity contribution in [3.63, 3.8) is 0 Å². The molecule has 0 spiro atoms. The molecule has 104 valence electrons. The van der Waals surface area contributed by atoms with Gasteiger partial charge in [0, 0.05) is 17.7 Å². The topological polar surface area (TPSA) is 20.3 Å². The molecule has 0 aliphatic heterocycles. The van der Waals surface area contributed by atoms with Gasteiger partial charge in [0.05, 0.1) is 0 Å². The Kier molecular flexibility index (Phi) is 4.30. The molecule has 0 atom stereocenters. The number of hydrogen-bond acceptors (Lipinski definition) is 2. The lowest BCUT2D eigenvalue weighted by Crippen LogP contribution is -2.11. The molecule has 2 aromatic rings. The lowest BCUT2D eigenvalue weighted by atomic mass is 9.96. The molecule has 0 heterocycles. The van der Waals surface area contributed by atoms with Crippen LogP contribution in [-0.4, -0.2) is 24.8 Å². The highest BCUT2D eigenvalue weighted by atomic mass is 19.1. The number of rotatable bonds is 4. The minimum absolute atomic E-state index is 0.0589. The van der Waals surface area contributed by atoms with Crippen molar-refractivity contribution in [1.82, 2.24) is 4.90 Å². The molecule has 2 aromatic carbocycles. The molecule has 0 bridgehead atoms. The lowest BCUT2D eigenvalue weighted by Gasteiger charge is -2.15. The highest BCUT2D eigenvalue weighted by Crippen LogP contribution is 2.28. The minimum atomic E-state index is -0.304. The smallest absolute Gasteiger partial charge is 0.159 e. The van der Waals surface area contributed by atoms with Crippen molar-refractivity contribution in [2.75, 3.05) is 14.1 Å². The fraction of sp³-hybridized carbons (Fsp3) is 0.235. The zero-order valence-corrected chi connectivity index (χ0v) is 12.0. The molecular weight excluding hydrogens is 253 g/mol. The van der Waals surface area contributed by atoms with Gasteiger partial charge in [0.25, 0.3) is 0 Å². The van der Waals surface area contributed by atoms with E-state index < -0.39 is 0 Å². The Morgan fingerprint density at radius 3 is 2.45 bits per heavy atom. The van der Waals surface area contributed by atoms with Crippen LogP contribution in [0.25, 0.3) is 11.1 Å². The average Bonchev–Trinajstić information content (AvgIpc) is 2.39. The van der Waals surface area contributed by atoms with Crippen LogP contribution in [0.2, 0.25) is 0 Å². The average molecular weight is 271 g/mol. The molecule has 0 fully saturated rings. The Hall–Kier alpha value is -2.00. The van der Waals surface area contributed by atoms with Crippen LogP contribution < -0.4 is 0 Å². The van der Waals surface area contributed by atoms with Crippen molar-refractivity contribution >= 4 is 5.78 Å². The van der Waals surface area contributed by atoms with E-state index in [2.05, 4.69) is 0 Å². The monoisotopic (exact) mass is 271 g/mol. The van der Waals surface area contributed by atoms with E-state index in [1.54, 1.807) is 6.07 Å². The van der Waals surface area contributed by atoms with E-state index >= 15 is 0 Å². The van der Waals surface area contributed by atoms with E-state index in [-0.39, 0.29) is 11.6 Å². The summed E-state index contributed by atoms with van der Waals surface area (Å²) in [6.45, 7) is 2.21. The van der Waals surface area contributed by atoms with Crippen LogP contribution >= 0.6 is 0 Å². The second-order valence-electron chi connectivity index (χ2n) is 5.15. The van der Waals surface area contributed by atoms with Crippen LogP contribution in [0.4, 0.5) is 4.39 Å². The third kappa shape index (κ3) is 3.11. The van der Waals surface area contributed by atoms with E-state index in [9.17, 15) is 9.18 Å². The molecule has 0 aromatic heterocycles. The number of carbonyl (C=O) groups is 1. The van der Waals surface area contributed by atoms with E-state index in [4.69, 9.17) is 0 Å². The third-order valence-corrected chi connectivity index (χ3v) is 3.17. The Labute approximate surface area is 118 Å². The summed E-state index contributed by atoms with van der Waals surface area (Å²) in [7, 11) is 3.94. The molecule has 0 aliphatic carbocycles. The van der Waals surface area contributed by atoms with Gasteiger partial charge in [0.1, 0.15) is 5.82 Å². The van der Waals surface area contributed by atoms with Gasteiger partial charge in [-0.1, -0.05) is 24.3 Å². The summed E-state index contributed by atoms with van der Waals surface area (Å²) in [5.74, 6) is -0.363. The molecule has 0 N–H and O–H groups in total. The summed E-state index contributed by atoms with van der Waals surface area (Å²) in [5.41, 5.74) is 2.88. The maximum atomic E-state index is 14.1. The fourth-order valence-corrected chi connectivity index (χ4v) is 2.21. The molecule has 20 heavy (non-hydrogen) atoms. The predicted octanol–water partition coefficient (Wildman–Crippen LogP) is 3.76. The number of benzene rings is 2. The van der Waals surface area contributed by atoms with Gasteiger partial charge >= 0.3 is 0 Å². The molecule has 2 rings (SSSR count). The van der Waals surface area contributed by atoms with Crippen molar-refractivity contribution in [3.05, 3.63) is 59.4 Å². The number of halogens is 1. The van der Waals surface area contributed by atoms with Crippen LogP contribution in [0.5, 0.6) is 0 Å². The number of carbonyl (C=O) groups excluding carboxylic acids is 1. The minimum Gasteiger partial charge on any atom is -0.305 e. The molecule has 0 radical (unpaired) electrons. The summed E-state index contributed by atoms with van der Waals surface area (Å²) >= 11 is 0. The van der Waals surface area contributed by atoms with Gasteiger partial charge in [-0.05, 0) is 50.3 Å². The Morgan fingerprint density at radius 2 is 1.80 bits per heavy atom. The third-order valence-electron chi connectivity index (χ3n) is 3.17. The van der Waals surface area contributed by atoms with E-state index in [0.29, 0.717) is 11.1 Å². The van der Waals surface area contributed by atoms with Gasteiger partial charge in [0.15, 0.2) is 5.78 Å². The summed E-state index contributed by atoms with van der Waals surface area (Å²) < 4.78 is 14.1. The van der Waals surface area contributed by atoms with Crippen molar-refractivity contribution in [3.8, 4) is 11.1 Å². The lowest BCUT2D eigenvalue weighted by molar-refractivity contribution is 0.101. The van der Waals surface area contributed by atoms with E-state index in [1.165, 1.54) is 19.1 Å². The van der Waals surface area contributed by atoms with Gasteiger partial charge < -0.3 is 4.90 Å². The van der Waals surface area contributed by atoms with Crippen LogP contribution in [0.3, 0.4) is 0 Å². The Morgan fingerprint density at radius 1 is 1.10 bits per heavy atom. The number of ketones is 1. The first-order chi connectivity index (χ1) is 9.49. The van der Waals surface area contributed by atoms with Crippen LogP contribution in [0.1, 0.15) is 22.8 Å². The zero-order valence-electron chi connectivity index (χ0n) is 12.0. The number of Topliss-reactive ketones (excluding diaryl/α,β-unsaturated/α-hetero) is 1. The SMILES string of the molecule is CC(=O)c1ccc(F)c(-c2ccccc2CN(C)C)c1. The molecule has 0 saturated heterocycles. The van der Waals surface area contributed by atoms with Gasteiger partial charge in [-0.3, -0.25) is 4.79 Å². The van der Waals surface area contributed by atoms with Gasteiger partial charge in [-0.2, -0.15) is 0 Å². The van der Waals surface area contributed by atoms with Crippen LogP contribution in [0, 0.1) is 5.82 Å². The van der Waals surface area contributed by atoms with Crippen LogP contribution in [0.15, 0.2) is 42.5 Å². The first kappa shape index (κ1) is 14.4. The van der Waals surface area contributed by atoms with Crippen molar-refractivity contribution < 1.29 is 9.18 Å². The highest BCUT2D eigenvalue weighted by molar-refractivity contribution is 5.95. The van der Waals surface area contributed by atoms with Crippen molar-refractivity contribution in [2.24, 2.45) is 0 Å². The first-order valence-electron chi connectivity index (χ1n) is 6.52. The number of nitrogens with zero attached hydrogens (tertiary/aromatic N) is 1. The molecule has 2 nitrogen and oxygen atoms in total. The molecule has 0 amide bonds. The standard InChI is InChI=1S/C17H18FNO/c1-12(20)13-8-9-17(18)16(10-13)15-7-5-4-6-14(15)11-19(2)3/h4-10H,11H2,1-3H3. The molecule has 0 saturated carbocycles. The van der Waals surface area contributed by atoms with Crippen molar-refractivity contribution in [1.29, 1.82) is 0 Å². The maximum Gasteiger partial charge on any atom is 0.159 e. The van der Waals surface area contributed by atoms with Gasteiger partial charge in [-0.15, -0.1) is 0 Å². The zero-order chi connectivity index (χ0) is 14.7. The normalized spacial score (nSPS) is 10.8. The van der Waals surface area contributed by atoms with E-state index in [1.807, 2.05) is 43.3 Å². The maximum absolute atomic E-state index is 14.1. The van der Waals surface area contributed by atoms with Gasteiger partial charge in [0.2, 0.25) is 0 Å². The summed E-state index contributed by atoms with van der Waals surface area (Å²) in [5, 5.41) is 0. The fourth-order valence-electron chi connectivity index (χ4n) is 2.21. The second-order valence-corrected chi connectivity index (χ2v) is 5.15. The quantitative estimate of drug-likeness (QED) is 0.789. The molecule has 0 unspecified atom stereocenters. The highest BCUT2D eigenvalue weighted by Gasteiger charge is 2.12. The molecule has 3 heteroatoms. The summed E-state index contributed by atoms with van der Waals surface area (Å²) in [6.07, 6.45) is 0. The summed E-state index contributed by atoms with van der Waals surface area (Å²) in [6, 6.07) is 12.2. The Balaban J connectivity index is 2.56. The number of hydrogen-bond donors (Lipinski definition) is 0. The first-order valence-corrected chi connectivity index (χ1v) is 6.52. The van der Waals surface area contributed by atoms with Crippen molar-refractivity contribution in [2.45, 2.75) is 13.5 Å². The summed E-state index contributed by atoms with van der Waals surface area (Å²) in [4.78, 5) is 13.5. The Bertz CT molecular complexity index is 635. The van der Waals surface area contributed by atoms with E-state index in [0.717, 1.165) is 17.7 Å².